The van der Waals surface area contributed by atoms with Crippen molar-refractivity contribution in [3.8, 4) is 0 Å². The Morgan fingerprint density at radius 2 is 2.04 bits per heavy atom. The molecule has 1 aliphatic heterocycles. The molecule has 1 aromatic rings. The van der Waals surface area contributed by atoms with Gasteiger partial charge in [0.1, 0.15) is 6.54 Å². The number of carbonyl (C=O) groups is 1. The van der Waals surface area contributed by atoms with E-state index in [1.807, 2.05) is 18.3 Å². The van der Waals surface area contributed by atoms with Crippen LogP contribution in [0.5, 0.6) is 0 Å². The summed E-state index contributed by atoms with van der Waals surface area (Å²) in [5.74, 6) is 0.662. The van der Waals surface area contributed by atoms with Crippen molar-refractivity contribution < 1.29 is 9.53 Å². The highest BCUT2D eigenvalue weighted by molar-refractivity contribution is 14.0. The van der Waals surface area contributed by atoms with E-state index in [1.54, 1.807) is 19.0 Å². The van der Waals surface area contributed by atoms with Gasteiger partial charge in [0.2, 0.25) is 5.91 Å². The number of carbonyl (C=O) groups excluding carboxylic acids is 1. The van der Waals surface area contributed by atoms with Gasteiger partial charge in [-0.15, -0.1) is 35.3 Å². The summed E-state index contributed by atoms with van der Waals surface area (Å²) >= 11 is 1.83. The Labute approximate surface area is 183 Å². The Morgan fingerprint density at radius 1 is 1.33 bits per heavy atom. The Kier molecular flexibility index (Phi) is 11.2. The largest absolute Gasteiger partial charge is 0.379 e. The van der Waals surface area contributed by atoms with Crippen LogP contribution < -0.4 is 10.6 Å². The van der Waals surface area contributed by atoms with Gasteiger partial charge in [-0.3, -0.25) is 9.69 Å². The minimum absolute atomic E-state index is 0. The SMILES string of the molecule is CCNC(=NCC(=O)N(C)C)NCC(c1ccc(C)s1)N1CCOCC1.I. The van der Waals surface area contributed by atoms with Crippen molar-refractivity contribution in [2.45, 2.75) is 19.9 Å². The molecular formula is C18H32IN5O2S. The van der Waals surface area contributed by atoms with Crippen LogP contribution in [0.3, 0.4) is 0 Å². The molecule has 1 fully saturated rings. The standard InChI is InChI=1S/C18H31N5O2S.HI/c1-5-19-18(21-13-17(24)22(3)4)20-12-15(16-7-6-14(2)26-16)23-8-10-25-11-9-23;/h6-7,15H,5,8-13H2,1-4H3,(H2,19,20,21);1H. The smallest absolute Gasteiger partial charge is 0.243 e. The minimum Gasteiger partial charge on any atom is -0.379 e. The average Bonchev–Trinajstić information content (AvgIpc) is 3.06. The van der Waals surface area contributed by atoms with E-state index in [2.05, 4.69) is 39.6 Å². The number of morpholine rings is 1. The number of halogens is 1. The number of rotatable bonds is 7. The molecule has 0 radical (unpaired) electrons. The Balaban J connectivity index is 0.00000364. The maximum Gasteiger partial charge on any atom is 0.243 e. The van der Waals surface area contributed by atoms with Crippen molar-refractivity contribution in [3.63, 3.8) is 0 Å². The molecule has 1 aromatic heterocycles. The number of hydrogen-bond acceptors (Lipinski definition) is 5. The van der Waals surface area contributed by atoms with Crippen molar-refractivity contribution in [1.29, 1.82) is 0 Å². The van der Waals surface area contributed by atoms with E-state index >= 15 is 0 Å². The van der Waals surface area contributed by atoms with E-state index in [4.69, 9.17) is 4.74 Å². The van der Waals surface area contributed by atoms with Gasteiger partial charge < -0.3 is 20.3 Å². The summed E-state index contributed by atoms with van der Waals surface area (Å²) in [6, 6.07) is 4.65. The first kappa shape index (κ1) is 24.1. The van der Waals surface area contributed by atoms with Gasteiger partial charge in [-0.1, -0.05) is 0 Å². The zero-order valence-electron chi connectivity index (χ0n) is 16.7. The zero-order valence-corrected chi connectivity index (χ0v) is 19.8. The van der Waals surface area contributed by atoms with Crippen molar-refractivity contribution in [2.24, 2.45) is 4.99 Å². The lowest BCUT2D eigenvalue weighted by Gasteiger charge is -2.34. The van der Waals surface area contributed by atoms with Gasteiger partial charge in [-0.25, -0.2) is 4.99 Å². The quantitative estimate of drug-likeness (QED) is 0.333. The van der Waals surface area contributed by atoms with Crippen molar-refractivity contribution in [3.05, 3.63) is 21.9 Å². The molecule has 9 heteroatoms. The van der Waals surface area contributed by atoms with E-state index < -0.39 is 0 Å². The van der Waals surface area contributed by atoms with Gasteiger partial charge in [0, 0.05) is 50.0 Å². The molecule has 2 rings (SSSR count). The molecule has 0 aromatic carbocycles. The third-order valence-corrected chi connectivity index (χ3v) is 5.36. The molecule has 0 aliphatic carbocycles. The normalized spacial score (nSPS) is 16.4. The third-order valence-electron chi connectivity index (χ3n) is 4.25. The van der Waals surface area contributed by atoms with Crippen LogP contribution in [0.4, 0.5) is 0 Å². The fraction of sp³-hybridized carbons (Fsp3) is 0.667. The van der Waals surface area contributed by atoms with Gasteiger partial charge in [0.05, 0.1) is 19.3 Å². The number of nitrogens with zero attached hydrogens (tertiary/aromatic N) is 3. The zero-order chi connectivity index (χ0) is 18.9. The Hall–Kier alpha value is -0.910. The predicted octanol–water partition coefficient (Wildman–Crippen LogP) is 1.69. The van der Waals surface area contributed by atoms with Gasteiger partial charge in [0.15, 0.2) is 5.96 Å². The number of thiophene rings is 1. The third kappa shape index (κ3) is 7.92. The lowest BCUT2D eigenvalue weighted by atomic mass is 10.2. The Bertz CT molecular complexity index is 602. The molecule has 1 atom stereocenters. The van der Waals surface area contributed by atoms with E-state index in [1.165, 1.54) is 9.75 Å². The number of hydrogen-bond donors (Lipinski definition) is 2. The number of guanidine groups is 1. The van der Waals surface area contributed by atoms with Gasteiger partial charge >= 0.3 is 0 Å². The second-order valence-corrected chi connectivity index (χ2v) is 7.80. The number of nitrogens with one attached hydrogen (secondary N) is 2. The monoisotopic (exact) mass is 509 g/mol. The molecule has 1 saturated heterocycles. The summed E-state index contributed by atoms with van der Waals surface area (Å²) < 4.78 is 5.51. The minimum atomic E-state index is -0.0131. The Morgan fingerprint density at radius 3 is 2.59 bits per heavy atom. The molecule has 2 heterocycles. The van der Waals surface area contributed by atoms with Crippen LogP contribution in [0.15, 0.2) is 17.1 Å². The van der Waals surface area contributed by atoms with Crippen molar-refractivity contribution >= 4 is 47.2 Å². The fourth-order valence-corrected chi connectivity index (χ4v) is 3.77. The van der Waals surface area contributed by atoms with Crippen LogP contribution in [-0.2, 0) is 9.53 Å². The molecule has 27 heavy (non-hydrogen) atoms. The topological polar surface area (TPSA) is 69.2 Å². The first-order valence-electron chi connectivity index (χ1n) is 9.11. The number of aryl methyl sites for hydroxylation is 1. The highest BCUT2D eigenvalue weighted by atomic mass is 127. The number of ether oxygens (including phenoxy) is 1. The molecular weight excluding hydrogens is 477 g/mol. The first-order valence-corrected chi connectivity index (χ1v) is 9.93. The second-order valence-electron chi connectivity index (χ2n) is 6.48. The molecule has 1 unspecified atom stereocenters. The van der Waals surface area contributed by atoms with E-state index in [-0.39, 0.29) is 42.5 Å². The second kappa shape index (κ2) is 12.5. The molecule has 2 N–H and O–H groups in total. The van der Waals surface area contributed by atoms with Crippen LogP contribution in [0.1, 0.15) is 22.7 Å². The van der Waals surface area contributed by atoms with Gasteiger partial charge in [0.25, 0.3) is 0 Å². The molecule has 1 aliphatic rings. The summed E-state index contributed by atoms with van der Waals surface area (Å²) in [5, 5.41) is 6.63. The van der Waals surface area contributed by atoms with E-state index in [9.17, 15) is 4.79 Å². The highest BCUT2D eigenvalue weighted by Gasteiger charge is 2.24. The summed E-state index contributed by atoms with van der Waals surface area (Å²) in [6.07, 6.45) is 0. The number of likely N-dealkylation sites (N-methyl/N-ethyl adjacent to an activating group) is 1. The van der Waals surface area contributed by atoms with Crippen LogP contribution in [0.25, 0.3) is 0 Å². The van der Waals surface area contributed by atoms with Crippen LogP contribution in [0.2, 0.25) is 0 Å². The molecule has 0 bridgehead atoms. The molecule has 1 amide bonds. The molecule has 7 nitrogen and oxygen atoms in total. The predicted molar refractivity (Wildman–Crippen MR) is 122 cm³/mol. The van der Waals surface area contributed by atoms with Crippen molar-refractivity contribution in [2.75, 3.05) is 60.0 Å². The van der Waals surface area contributed by atoms with Gasteiger partial charge in [-0.2, -0.15) is 0 Å². The van der Waals surface area contributed by atoms with Gasteiger partial charge in [-0.05, 0) is 26.0 Å². The average molecular weight is 509 g/mol. The summed E-state index contributed by atoms with van der Waals surface area (Å²) in [7, 11) is 3.48. The number of amides is 1. The highest BCUT2D eigenvalue weighted by Crippen LogP contribution is 2.27. The lowest BCUT2D eigenvalue weighted by molar-refractivity contribution is -0.127. The van der Waals surface area contributed by atoms with E-state index in [0.717, 1.165) is 39.4 Å². The first-order chi connectivity index (χ1) is 12.5. The maximum atomic E-state index is 11.8. The summed E-state index contributed by atoms with van der Waals surface area (Å²) in [4.78, 5) is 22.9. The van der Waals surface area contributed by atoms with E-state index in [0.29, 0.717) is 5.96 Å². The summed E-state index contributed by atoms with van der Waals surface area (Å²) in [5.41, 5.74) is 0. The van der Waals surface area contributed by atoms with Crippen molar-refractivity contribution in [1.82, 2.24) is 20.4 Å². The maximum absolute atomic E-state index is 11.8. The number of aliphatic imine (C=N–C) groups is 1. The molecule has 0 saturated carbocycles. The van der Waals surface area contributed by atoms with Crippen LogP contribution in [0, 0.1) is 6.92 Å². The fourth-order valence-electron chi connectivity index (χ4n) is 2.75. The summed E-state index contributed by atoms with van der Waals surface area (Å²) in [6.45, 7) is 9.18. The van der Waals surface area contributed by atoms with Crippen LogP contribution in [-0.4, -0.2) is 81.7 Å². The van der Waals surface area contributed by atoms with Crippen LogP contribution >= 0.6 is 35.3 Å². The molecule has 0 spiro atoms. The molecule has 154 valence electrons. The lowest BCUT2D eigenvalue weighted by Crippen LogP contribution is -2.46.